The summed E-state index contributed by atoms with van der Waals surface area (Å²) >= 11 is 0. The molecule has 0 unspecified atom stereocenters. The molecule has 2 aromatic rings. The summed E-state index contributed by atoms with van der Waals surface area (Å²) in [7, 11) is 0. The number of carbonyl (C=O) groups is 2. The Balaban J connectivity index is 2.20. The first-order valence-electron chi connectivity index (χ1n) is 6.24. The number of para-hydroxylation sites is 1. The van der Waals surface area contributed by atoms with Gasteiger partial charge in [-0.3, -0.25) is 9.59 Å². The van der Waals surface area contributed by atoms with Crippen molar-refractivity contribution < 1.29 is 23.1 Å². The normalized spacial score (nSPS) is 10.1. The first kappa shape index (κ1) is 15.4. The summed E-state index contributed by atoms with van der Waals surface area (Å²) in [4.78, 5) is 22.9. The zero-order valence-corrected chi connectivity index (χ0v) is 11.3. The van der Waals surface area contributed by atoms with Crippen molar-refractivity contribution in [1.29, 1.82) is 0 Å². The third-order valence-electron chi connectivity index (χ3n) is 2.68. The Morgan fingerprint density at radius 2 is 1.86 bits per heavy atom. The minimum absolute atomic E-state index is 0.0903. The third kappa shape index (κ3) is 3.78. The molecule has 0 aliphatic heterocycles. The van der Waals surface area contributed by atoms with Gasteiger partial charge in [0.2, 0.25) is 0 Å². The highest BCUT2D eigenvalue weighted by Gasteiger charge is 2.15. The molecule has 2 amide bonds. The predicted molar refractivity (Wildman–Crippen MR) is 75.4 cm³/mol. The van der Waals surface area contributed by atoms with Crippen LogP contribution in [0.15, 0.2) is 42.5 Å². The smallest absolute Gasteiger partial charge is 0.259 e. The number of ether oxygens (including phenoxy) is 1. The van der Waals surface area contributed by atoms with Gasteiger partial charge in [0.05, 0.1) is 11.3 Å². The molecule has 0 fully saturated rings. The predicted octanol–water partition coefficient (Wildman–Crippen LogP) is 2.08. The fourth-order valence-electron chi connectivity index (χ4n) is 1.71. The Hall–Kier alpha value is -2.96. The van der Waals surface area contributed by atoms with Gasteiger partial charge in [0.25, 0.3) is 11.8 Å². The third-order valence-corrected chi connectivity index (χ3v) is 2.68. The standard InChI is InChI=1S/C15H12F2N2O3/c16-9-5-6-12(11(17)7-9)19-15(21)10-3-1-2-4-13(10)22-8-14(18)20/h1-7H,8H2,(H2,18,20)(H,19,21). The molecule has 5 nitrogen and oxygen atoms in total. The molecule has 0 radical (unpaired) electrons. The average molecular weight is 306 g/mol. The van der Waals surface area contributed by atoms with Gasteiger partial charge in [-0.2, -0.15) is 0 Å². The molecule has 0 aliphatic rings. The molecule has 114 valence electrons. The first-order chi connectivity index (χ1) is 10.5. The molecular formula is C15H12F2N2O3. The van der Waals surface area contributed by atoms with Crippen molar-refractivity contribution in [3.63, 3.8) is 0 Å². The SMILES string of the molecule is NC(=O)COc1ccccc1C(=O)Nc1ccc(F)cc1F. The Morgan fingerprint density at radius 1 is 1.14 bits per heavy atom. The van der Waals surface area contributed by atoms with Gasteiger partial charge in [0.15, 0.2) is 6.61 Å². The number of carbonyl (C=O) groups excluding carboxylic acids is 2. The van der Waals surface area contributed by atoms with E-state index in [4.69, 9.17) is 10.5 Å². The molecular weight excluding hydrogens is 294 g/mol. The molecule has 2 aromatic carbocycles. The van der Waals surface area contributed by atoms with E-state index in [-0.39, 0.29) is 17.0 Å². The highest BCUT2D eigenvalue weighted by molar-refractivity contribution is 6.06. The largest absolute Gasteiger partial charge is 0.483 e. The fraction of sp³-hybridized carbons (Fsp3) is 0.0667. The lowest BCUT2D eigenvalue weighted by Gasteiger charge is -2.11. The van der Waals surface area contributed by atoms with Crippen LogP contribution in [0, 0.1) is 11.6 Å². The van der Waals surface area contributed by atoms with Gasteiger partial charge in [-0.05, 0) is 24.3 Å². The van der Waals surface area contributed by atoms with E-state index < -0.39 is 30.1 Å². The van der Waals surface area contributed by atoms with Crippen molar-refractivity contribution in [3.8, 4) is 5.75 Å². The van der Waals surface area contributed by atoms with E-state index in [1.54, 1.807) is 12.1 Å². The van der Waals surface area contributed by atoms with Crippen LogP contribution < -0.4 is 15.8 Å². The van der Waals surface area contributed by atoms with Crippen LogP contribution in [0.2, 0.25) is 0 Å². The Morgan fingerprint density at radius 3 is 2.55 bits per heavy atom. The number of nitrogens with two attached hydrogens (primary N) is 1. The van der Waals surface area contributed by atoms with Crippen LogP contribution in [0.4, 0.5) is 14.5 Å². The summed E-state index contributed by atoms with van der Waals surface area (Å²) in [5.74, 6) is -2.88. The summed E-state index contributed by atoms with van der Waals surface area (Å²) in [6, 6.07) is 8.87. The van der Waals surface area contributed by atoms with Crippen molar-refractivity contribution in [2.75, 3.05) is 11.9 Å². The molecule has 0 saturated carbocycles. The second-order valence-corrected chi connectivity index (χ2v) is 4.33. The molecule has 7 heteroatoms. The maximum absolute atomic E-state index is 13.5. The number of anilines is 1. The molecule has 22 heavy (non-hydrogen) atoms. The van der Waals surface area contributed by atoms with Crippen molar-refractivity contribution in [2.45, 2.75) is 0 Å². The van der Waals surface area contributed by atoms with Crippen LogP contribution in [0.3, 0.4) is 0 Å². The number of nitrogens with one attached hydrogen (secondary N) is 1. The maximum Gasteiger partial charge on any atom is 0.259 e. The van der Waals surface area contributed by atoms with Crippen molar-refractivity contribution in [2.24, 2.45) is 5.73 Å². The summed E-state index contributed by atoms with van der Waals surface area (Å²) in [5, 5.41) is 2.30. The minimum atomic E-state index is -0.899. The van der Waals surface area contributed by atoms with E-state index in [0.29, 0.717) is 6.07 Å². The number of rotatable bonds is 5. The van der Waals surface area contributed by atoms with Crippen LogP contribution in [-0.4, -0.2) is 18.4 Å². The Bertz CT molecular complexity index is 720. The highest BCUT2D eigenvalue weighted by Crippen LogP contribution is 2.21. The molecule has 3 N–H and O–H groups in total. The van der Waals surface area contributed by atoms with Crippen LogP contribution >= 0.6 is 0 Å². The lowest BCUT2D eigenvalue weighted by molar-refractivity contribution is -0.119. The molecule has 0 atom stereocenters. The van der Waals surface area contributed by atoms with Crippen LogP contribution in [0.1, 0.15) is 10.4 Å². The number of halogens is 2. The topological polar surface area (TPSA) is 81.4 Å². The van der Waals surface area contributed by atoms with Crippen molar-refractivity contribution >= 4 is 17.5 Å². The molecule has 0 aliphatic carbocycles. The van der Waals surface area contributed by atoms with E-state index in [2.05, 4.69) is 5.32 Å². The van der Waals surface area contributed by atoms with Crippen molar-refractivity contribution in [1.82, 2.24) is 0 Å². The quantitative estimate of drug-likeness (QED) is 0.887. The number of benzene rings is 2. The molecule has 0 bridgehead atoms. The number of hydrogen-bond donors (Lipinski definition) is 2. The number of primary amides is 1. The number of amides is 2. The Labute approximate surface area is 124 Å². The zero-order chi connectivity index (χ0) is 16.1. The molecule has 2 rings (SSSR count). The monoisotopic (exact) mass is 306 g/mol. The van der Waals surface area contributed by atoms with E-state index in [9.17, 15) is 18.4 Å². The van der Waals surface area contributed by atoms with E-state index in [1.165, 1.54) is 12.1 Å². The van der Waals surface area contributed by atoms with Gasteiger partial charge in [-0.1, -0.05) is 12.1 Å². The van der Waals surface area contributed by atoms with Gasteiger partial charge in [0, 0.05) is 6.07 Å². The second-order valence-electron chi connectivity index (χ2n) is 4.33. The number of hydrogen-bond acceptors (Lipinski definition) is 3. The van der Waals surface area contributed by atoms with Crippen LogP contribution in [0.5, 0.6) is 5.75 Å². The summed E-state index contributed by atoms with van der Waals surface area (Å²) in [6.07, 6.45) is 0. The molecule has 0 heterocycles. The van der Waals surface area contributed by atoms with Gasteiger partial charge in [-0.25, -0.2) is 8.78 Å². The zero-order valence-electron chi connectivity index (χ0n) is 11.3. The molecule has 0 aromatic heterocycles. The van der Waals surface area contributed by atoms with Gasteiger partial charge in [-0.15, -0.1) is 0 Å². The lowest BCUT2D eigenvalue weighted by Crippen LogP contribution is -2.21. The second kappa shape index (κ2) is 6.66. The minimum Gasteiger partial charge on any atom is -0.483 e. The summed E-state index contributed by atoms with van der Waals surface area (Å²) < 4.78 is 31.5. The Kier molecular flexibility index (Phi) is 4.67. The van der Waals surface area contributed by atoms with E-state index in [1.807, 2.05) is 0 Å². The molecule has 0 saturated heterocycles. The fourth-order valence-corrected chi connectivity index (χ4v) is 1.71. The average Bonchev–Trinajstić information content (AvgIpc) is 2.48. The lowest BCUT2D eigenvalue weighted by atomic mass is 10.2. The van der Waals surface area contributed by atoms with Crippen LogP contribution in [-0.2, 0) is 4.79 Å². The first-order valence-corrected chi connectivity index (χ1v) is 6.24. The van der Waals surface area contributed by atoms with E-state index in [0.717, 1.165) is 12.1 Å². The van der Waals surface area contributed by atoms with Gasteiger partial charge >= 0.3 is 0 Å². The van der Waals surface area contributed by atoms with Crippen LogP contribution in [0.25, 0.3) is 0 Å². The van der Waals surface area contributed by atoms with E-state index >= 15 is 0 Å². The highest BCUT2D eigenvalue weighted by atomic mass is 19.1. The summed E-state index contributed by atoms with van der Waals surface area (Å²) in [5.41, 5.74) is 4.89. The van der Waals surface area contributed by atoms with Crippen molar-refractivity contribution in [3.05, 3.63) is 59.7 Å². The maximum atomic E-state index is 13.5. The van der Waals surface area contributed by atoms with Gasteiger partial charge in [0.1, 0.15) is 17.4 Å². The molecule has 0 spiro atoms. The van der Waals surface area contributed by atoms with Gasteiger partial charge < -0.3 is 15.8 Å². The summed E-state index contributed by atoms with van der Waals surface area (Å²) in [6.45, 7) is -0.394.